The van der Waals surface area contributed by atoms with Crippen LogP contribution in [-0.4, -0.2) is 0 Å². The van der Waals surface area contributed by atoms with Gasteiger partial charge in [0.2, 0.25) is 0 Å². The van der Waals surface area contributed by atoms with Gasteiger partial charge in [-0.05, 0) is 31.5 Å². The van der Waals surface area contributed by atoms with E-state index in [1.807, 2.05) is 27.7 Å². The predicted molar refractivity (Wildman–Crippen MR) is 89.4 cm³/mol. The number of halogens is 6. The zero-order valence-corrected chi connectivity index (χ0v) is 15.5. The highest BCUT2D eigenvalue weighted by atomic mass is 19.3. The topological polar surface area (TPSA) is 9.23 Å². The van der Waals surface area contributed by atoms with E-state index in [1.54, 1.807) is 0 Å². The van der Waals surface area contributed by atoms with Gasteiger partial charge in [0, 0.05) is 17.7 Å². The van der Waals surface area contributed by atoms with Crippen LogP contribution in [0, 0.1) is 37.1 Å². The van der Waals surface area contributed by atoms with Crippen LogP contribution in [0.1, 0.15) is 44.4 Å². The second-order valence-electron chi connectivity index (χ2n) is 4.73. The Morgan fingerprint density at radius 2 is 1.08 bits per heavy atom. The van der Waals surface area contributed by atoms with Gasteiger partial charge in [0.15, 0.2) is 0 Å². The van der Waals surface area contributed by atoms with E-state index in [4.69, 9.17) is 0 Å². The zero-order chi connectivity index (χ0) is 20.7. The van der Waals surface area contributed by atoms with E-state index in [2.05, 4.69) is 4.74 Å². The summed E-state index contributed by atoms with van der Waals surface area (Å²) < 4.78 is 85.7. The van der Waals surface area contributed by atoms with Crippen molar-refractivity contribution in [2.24, 2.45) is 0 Å². The summed E-state index contributed by atoms with van der Waals surface area (Å²) in [5, 5.41) is 0. The fourth-order valence-electron chi connectivity index (χ4n) is 1.86. The number of aryl methyl sites for hydroxylation is 1. The number of hydrogen-bond acceptors (Lipinski definition) is 1. The fraction of sp³-hybridized carbons (Fsp3) is 0.368. The first-order chi connectivity index (χ1) is 12.1. The van der Waals surface area contributed by atoms with Crippen LogP contribution in [-0.2, 0) is 6.11 Å². The Balaban J connectivity index is 0.00000146. The van der Waals surface area contributed by atoms with Gasteiger partial charge in [0.05, 0.1) is 0 Å². The minimum Gasteiger partial charge on any atom is -0.429 e. The van der Waals surface area contributed by atoms with Crippen molar-refractivity contribution >= 4 is 0 Å². The van der Waals surface area contributed by atoms with Gasteiger partial charge in [-0.1, -0.05) is 27.7 Å². The van der Waals surface area contributed by atoms with Gasteiger partial charge in [0.25, 0.3) is 0 Å². The Kier molecular flexibility index (Phi) is 9.24. The smallest absolute Gasteiger partial charge is 0.429 e. The molecule has 0 heterocycles. The highest BCUT2D eigenvalue weighted by molar-refractivity contribution is 5.32. The van der Waals surface area contributed by atoms with Crippen LogP contribution in [0.2, 0.25) is 0 Å². The highest BCUT2D eigenvalue weighted by Gasteiger charge is 2.41. The minimum atomic E-state index is -4.43. The Labute approximate surface area is 149 Å². The summed E-state index contributed by atoms with van der Waals surface area (Å²) in [4.78, 5) is 0. The number of rotatable bonds is 3. The molecule has 0 amide bonds. The average molecular weight is 380 g/mol. The van der Waals surface area contributed by atoms with Crippen LogP contribution >= 0.6 is 0 Å². The number of alkyl halides is 2. The summed E-state index contributed by atoms with van der Waals surface area (Å²) in [5.41, 5.74) is -1.91. The number of hydrogen-bond donors (Lipinski definition) is 0. The largest absolute Gasteiger partial charge is 0.432 e. The summed E-state index contributed by atoms with van der Waals surface area (Å²) in [7, 11) is 0. The number of benzene rings is 2. The van der Waals surface area contributed by atoms with Crippen LogP contribution in [0.25, 0.3) is 0 Å². The first kappa shape index (κ1) is 23.8. The third-order valence-electron chi connectivity index (χ3n) is 2.98. The van der Waals surface area contributed by atoms with Gasteiger partial charge < -0.3 is 4.74 Å². The highest BCUT2D eigenvalue weighted by Crippen LogP contribution is 2.36. The SMILES string of the molecule is CC.CC.Cc1cc(F)c(C(F)(F)Oc2cc(F)c(C)c(F)c2)c(F)c1. The molecule has 0 bridgehead atoms. The van der Waals surface area contributed by atoms with E-state index < -0.39 is 40.7 Å². The Hall–Kier alpha value is -2.18. The van der Waals surface area contributed by atoms with Crippen molar-refractivity contribution in [3.05, 3.63) is 64.2 Å². The maximum absolute atomic E-state index is 13.9. The molecule has 26 heavy (non-hydrogen) atoms. The molecule has 0 saturated heterocycles. The van der Waals surface area contributed by atoms with Crippen LogP contribution in [0.3, 0.4) is 0 Å². The Bertz CT molecular complexity index is 682. The molecule has 0 radical (unpaired) electrons. The second-order valence-corrected chi connectivity index (χ2v) is 4.73. The molecule has 0 unspecified atom stereocenters. The number of ether oxygens (including phenoxy) is 1. The lowest BCUT2D eigenvalue weighted by atomic mass is 10.1. The zero-order valence-electron chi connectivity index (χ0n) is 15.5. The van der Waals surface area contributed by atoms with Gasteiger partial charge >= 0.3 is 6.11 Å². The molecule has 0 aromatic heterocycles. The third kappa shape index (κ3) is 5.68. The quantitative estimate of drug-likeness (QED) is 0.519. The summed E-state index contributed by atoms with van der Waals surface area (Å²) in [6.45, 7) is 10.4. The van der Waals surface area contributed by atoms with Gasteiger partial charge in [-0.3, -0.25) is 0 Å². The van der Waals surface area contributed by atoms with Gasteiger partial charge in [-0.15, -0.1) is 0 Å². The first-order valence-corrected chi connectivity index (χ1v) is 8.10. The van der Waals surface area contributed by atoms with Crippen molar-refractivity contribution in [1.29, 1.82) is 0 Å². The van der Waals surface area contributed by atoms with E-state index in [0.717, 1.165) is 6.92 Å². The summed E-state index contributed by atoms with van der Waals surface area (Å²) in [6.07, 6.45) is -4.43. The Morgan fingerprint density at radius 3 is 1.46 bits per heavy atom. The van der Waals surface area contributed by atoms with E-state index in [9.17, 15) is 26.3 Å². The maximum atomic E-state index is 13.9. The first-order valence-electron chi connectivity index (χ1n) is 8.10. The molecule has 0 saturated carbocycles. The van der Waals surface area contributed by atoms with E-state index in [-0.39, 0.29) is 11.1 Å². The summed E-state index contributed by atoms with van der Waals surface area (Å²) >= 11 is 0. The van der Waals surface area contributed by atoms with Gasteiger partial charge in [-0.25, -0.2) is 17.6 Å². The molecule has 0 spiro atoms. The van der Waals surface area contributed by atoms with Crippen molar-refractivity contribution in [3.8, 4) is 5.75 Å². The molecule has 0 aliphatic rings. The molecule has 0 N–H and O–H groups in total. The molecule has 0 aliphatic heterocycles. The van der Waals surface area contributed by atoms with Crippen molar-refractivity contribution in [1.82, 2.24) is 0 Å². The van der Waals surface area contributed by atoms with Crippen LogP contribution in [0.5, 0.6) is 5.75 Å². The van der Waals surface area contributed by atoms with Crippen LogP contribution < -0.4 is 4.74 Å². The molecule has 2 rings (SSSR count). The summed E-state index contributed by atoms with van der Waals surface area (Å²) in [5.74, 6) is -6.15. The molecule has 0 atom stereocenters. The van der Waals surface area contributed by atoms with E-state index >= 15 is 0 Å². The molecule has 0 aliphatic carbocycles. The van der Waals surface area contributed by atoms with Crippen molar-refractivity contribution < 1.29 is 31.1 Å². The summed E-state index contributed by atoms with van der Waals surface area (Å²) in [6, 6.07) is 2.42. The third-order valence-corrected chi connectivity index (χ3v) is 2.98. The van der Waals surface area contributed by atoms with Gasteiger partial charge in [0.1, 0.15) is 34.6 Å². The van der Waals surface area contributed by atoms with Crippen LogP contribution in [0.15, 0.2) is 24.3 Å². The molecule has 146 valence electrons. The van der Waals surface area contributed by atoms with Crippen molar-refractivity contribution in [3.63, 3.8) is 0 Å². The molecular formula is C19H22F6O. The normalized spacial score (nSPS) is 10.3. The van der Waals surface area contributed by atoms with Crippen LogP contribution in [0.4, 0.5) is 26.3 Å². The minimum absolute atomic E-state index is 0.0991. The lowest BCUT2D eigenvalue weighted by molar-refractivity contribution is -0.189. The maximum Gasteiger partial charge on any atom is 0.432 e. The molecule has 2 aromatic rings. The molecule has 2 aromatic carbocycles. The standard InChI is InChI=1S/C15H10F6O.2C2H6/c1-7-3-12(18)14(13(19)4-7)15(20,21)22-9-5-10(16)8(2)11(17)6-9;2*1-2/h3-6H,1-2H3;2*1-2H3. The lowest BCUT2D eigenvalue weighted by Crippen LogP contribution is -2.25. The lowest BCUT2D eigenvalue weighted by Gasteiger charge is -2.20. The van der Waals surface area contributed by atoms with E-state index in [0.29, 0.717) is 24.3 Å². The van der Waals surface area contributed by atoms with Gasteiger partial charge in [-0.2, -0.15) is 8.78 Å². The van der Waals surface area contributed by atoms with Crippen molar-refractivity contribution in [2.75, 3.05) is 0 Å². The fourth-order valence-corrected chi connectivity index (χ4v) is 1.86. The molecular weight excluding hydrogens is 358 g/mol. The molecule has 0 fully saturated rings. The molecule has 7 heteroatoms. The van der Waals surface area contributed by atoms with Crippen molar-refractivity contribution in [2.45, 2.75) is 47.7 Å². The monoisotopic (exact) mass is 380 g/mol. The van der Waals surface area contributed by atoms with E-state index in [1.165, 1.54) is 6.92 Å². The second kappa shape index (κ2) is 10.1. The predicted octanol–water partition coefficient (Wildman–Crippen LogP) is 7.04. The molecule has 1 nitrogen and oxygen atoms in total. The average Bonchev–Trinajstić information content (AvgIpc) is 2.54. The Morgan fingerprint density at radius 1 is 0.692 bits per heavy atom.